The Balaban J connectivity index is 1.81. The predicted octanol–water partition coefficient (Wildman–Crippen LogP) is 5.28. The van der Waals surface area contributed by atoms with Crippen LogP contribution in [-0.2, 0) is 0 Å². The second-order valence-electron chi connectivity index (χ2n) is 6.51. The fourth-order valence-corrected chi connectivity index (χ4v) is 3.64. The summed E-state index contributed by atoms with van der Waals surface area (Å²) in [5.41, 5.74) is 5.06. The topological polar surface area (TPSA) is 45.8 Å². The number of pyridine rings is 1. The summed E-state index contributed by atoms with van der Waals surface area (Å²) in [7, 11) is 0. The Hall–Kier alpha value is -3.20. The molecule has 0 saturated heterocycles. The molecule has 0 spiro atoms. The molecule has 2 aromatic carbocycles. The number of fused-ring (bicyclic) bond motifs is 1. The molecule has 0 saturated carbocycles. The van der Waals surface area contributed by atoms with E-state index in [9.17, 15) is 4.79 Å². The smallest absolute Gasteiger partial charge is 0.182 e. The lowest BCUT2D eigenvalue weighted by molar-refractivity contribution is 0.0973. The van der Waals surface area contributed by atoms with Crippen molar-refractivity contribution in [3.05, 3.63) is 102 Å². The van der Waals surface area contributed by atoms with E-state index in [0.29, 0.717) is 12.1 Å². The summed E-state index contributed by atoms with van der Waals surface area (Å²) in [4.78, 5) is 20.6. The van der Waals surface area contributed by atoms with Gasteiger partial charge in [-0.15, -0.1) is 0 Å². The molecule has 4 aromatic rings. The molecule has 2 heterocycles. The van der Waals surface area contributed by atoms with Crippen LogP contribution in [0.1, 0.15) is 39.6 Å². The number of aromatic amines is 1. The van der Waals surface area contributed by atoms with Gasteiger partial charge in [-0.1, -0.05) is 54.6 Å². The SMILES string of the molecule is Cc1[nH]c2ccccc2c1C(CC(=O)c1ccccn1)c1ccccc1. The van der Waals surface area contributed by atoms with E-state index in [1.54, 1.807) is 12.3 Å². The molecule has 0 fully saturated rings. The van der Waals surface area contributed by atoms with Gasteiger partial charge in [-0.3, -0.25) is 9.78 Å². The number of hydrogen-bond acceptors (Lipinski definition) is 2. The molecule has 2 aromatic heterocycles. The van der Waals surface area contributed by atoms with Crippen molar-refractivity contribution in [3.8, 4) is 0 Å². The molecule has 0 aliphatic heterocycles. The number of ketones is 1. The van der Waals surface area contributed by atoms with Crippen LogP contribution in [0.4, 0.5) is 0 Å². The quantitative estimate of drug-likeness (QED) is 0.503. The Kier molecular flexibility index (Phi) is 4.36. The zero-order valence-corrected chi connectivity index (χ0v) is 14.6. The number of aryl methyl sites for hydroxylation is 1. The number of hydrogen-bond donors (Lipinski definition) is 1. The van der Waals surface area contributed by atoms with E-state index in [2.05, 4.69) is 41.2 Å². The van der Waals surface area contributed by atoms with Gasteiger partial charge in [-0.25, -0.2) is 0 Å². The third-order valence-electron chi connectivity index (χ3n) is 4.83. The van der Waals surface area contributed by atoms with Crippen molar-refractivity contribution in [1.82, 2.24) is 9.97 Å². The number of carbonyl (C=O) groups is 1. The number of aromatic nitrogens is 2. The third-order valence-corrected chi connectivity index (χ3v) is 4.83. The summed E-state index contributed by atoms with van der Waals surface area (Å²) in [6.07, 6.45) is 2.06. The van der Waals surface area contributed by atoms with Gasteiger partial charge in [0, 0.05) is 35.1 Å². The van der Waals surface area contributed by atoms with E-state index in [4.69, 9.17) is 0 Å². The van der Waals surface area contributed by atoms with Crippen LogP contribution in [0.25, 0.3) is 10.9 Å². The monoisotopic (exact) mass is 340 g/mol. The van der Waals surface area contributed by atoms with Crippen LogP contribution >= 0.6 is 0 Å². The second kappa shape index (κ2) is 6.96. The summed E-state index contributed by atoms with van der Waals surface area (Å²) in [5.74, 6) is 0.0472. The van der Waals surface area contributed by atoms with Crippen molar-refractivity contribution in [1.29, 1.82) is 0 Å². The van der Waals surface area contributed by atoms with Gasteiger partial charge < -0.3 is 4.98 Å². The predicted molar refractivity (Wildman–Crippen MR) is 105 cm³/mol. The minimum Gasteiger partial charge on any atom is -0.358 e. The molecule has 4 rings (SSSR count). The molecule has 0 amide bonds. The highest BCUT2D eigenvalue weighted by Crippen LogP contribution is 2.36. The van der Waals surface area contributed by atoms with Gasteiger partial charge >= 0.3 is 0 Å². The molecule has 0 radical (unpaired) electrons. The zero-order chi connectivity index (χ0) is 17.9. The van der Waals surface area contributed by atoms with Gasteiger partial charge in [0.25, 0.3) is 0 Å². The van der Waals surface area contributed by atoms with E-state index in [-0.39, 0.29) is 11.7 Å². The first-order valence-electron chi connectivity index (χ1n) is 8.80. The lowest BCUT2D eigenvalue weighted by Crippen LogP contribution is -2.11. The fourth-order valence-electron chi connectivity index (χ4n) is 3.64. The zero-order valence-electron chi connectivity index (χ0n) is 14.6. The Morgan fingerprint density at radius 3 is 2.46 bits per heavy atom. The summed E-state index contributed by atoms with van der Waals surface area (Å²) >= 11 is 0. The Labute approximate surface area is 152 Å². The van der Waals surface area contributed by atoms with E-state index in [1.165, 1.54) is 10.9 Å². The third kappa shape index (κ3) is 3.04. The Bertz CT molecular complexity index is 1040. The van der Waals surface area contributed by atoms with Crippen molar-refractivity contribution in [3.63, 3.8) is 0 Å². The van der Waals surface area contributed by atoms with Crippen molar-refractivity contribution < 1.29 is 4.79 Å². The summed E-state index contributed by atoms with van der Waals surface area (Å²) in [6.45, 7) is 2.08. The number of rotatable bonds is 5. The molecule has 0 aliphatic rings. The lowest BCUT2D eigenvalue weighted by Gasteiger charge is -2.18. The minimum atomic E-state index is -0.0122. The van der Waals surface area contributed by atoms with E-state index in [0.717, 1.165) is 16.8 Å². The first-order valence-corrected chi connectivity index (χ1v) is 8.80. The van der Waals surface area contributed by atoms with Crippen LogP contribution in [-0.4, -0.2) is 15.8 Å². The van der Waals surface area contributed by atoms with E-state index < -0.39 is 0 Å². The Morgan fingerprint density at radius 2 is 1.69 bits per heavy atom. The van der Waals surface area contributed by atoms with E-state index >= 15 is 0 Å². The number of H-pyrrole nitrogens is 1. The van der Waals surface area contributed by atoms with Gasteiger partial charge in [0.1, 0.15) is 5.69 Å². The van der Waals surface area contributed by atoms with Crippen molar-refractivity contribution in [2.24, 2.45) is 0 Å². The first kappa shape index (κ1) is 16.3. The van der Waals surface area contributed by atoms with Gasteiger partial charge in [-0.2, -0.15) is 0 Å². The maximum Gasteiger partial charge on any atom is 0.182 e. The highest BCUT2D eigenvalue weighted by Gasteiger charge is 2.24. The second-order valence-corrected chi connectivity index (χ2v) is 6.51. The fraction of sp³-hybridized carbons (Fsp3) is 0.130. The first-order chi connectivity index (χ1) is 12.7. The molecule has 26 heavy (non-hydrogen) atoms. The molecule has 0 bridgehead atoms. The largest absolute Gasteiger partial charge is 0.358 e. The lowest BCUT2D eigenvalue weighted by atomic mass is 9.85. The van der Waals surface area contributed by atoms with Gasteiger partial charge in [0.15, 0.2) is 5.78 Å². The number of Topliss-reactive ketones (excluding diaryl/α,β-unsaturated/α-hetero) is 1. The van der Waals surface area contributed by atoms with Crippen LogP contribution in [0.15, 0.2) is 79.0 Å². The molecule has 128 valence electrons. The number of carbonyl (C=O) groups excluding carboxylic acids is 1. The van der Waals surface area contributed by atoms with Crippen LogP contribution < -0.4 is 0 Å². The van der Waals surface area contributed by atoms with Crippen LogP contribution in [0.3, 0.4) is 0 Å². The number of nitrogens with one attached hydrogen (secondary N) is 1. The summed E-state index contributed by atoms with van der Waals surface area (Å²) < 4.78 is 0. The van der Waals surface area contributed by atoms with Crippen molar-refractivity contribution in [2.75, 3.05) is 0 Å². The van der Waals surface area contributed by atoms with Crippen molar-refractivity contribution >= 4 is 16.7 Å². The molecule has 3 heteroatoms. The van der Waals surface area contributed by atoms with E-state index in [1.807, 2.05) is 42.5 Å². The van der Waals surface area contributed by atoms with Gasteiger partial charge in [-0.05, 0) is 36.2 Å². The molecule has 3 nitrogen and oxygen atoms in total. The number of nitrogens with zero attached hydrogens (tertiary/aromatic N) is 1. The normalized spacial score (nSPS) is 12.2. The highest BCUT2D eigenvalue weighted by atomic mass is 16.1. The maximum atomic E-state index is 12.9. The molecular weight excluding hydrogens is 320 g/mol. The molecule has 1 atom stereocenters. The van der Waals surface area contributed by atoms with Crippen molar-refractivity contribution in [2.45, 2.75) is 19.3 Å². The van der Waals surface area contributed by atoms with Gasteiger partial charge in [0.2, 0.25) is 0 Å². The maximum absolute atomic E-state index is 12.9. The highest BCUT2D eigenvalue weighted by molar-refractivity contribution is 5.96. The van der Waals surface area contributed by atoms with Crippen LogP contribution in [0.5, 0.6) is 0 Å². The van der Waals surface area contributed by atoms with Gasteiger partial charge in [0.05, 0.1) is 0 Å². The van der Waals surface area contributed by atoms with Crippen LogP contribution in [0, 0.1) is 6.92 Å². The number of benzene rings is 2. The Morgan fingerprint density at radius 1 is 0.962 bits per heavy atom. The average molecular weight is 340 g/mol. The summed E-state index contributed by atoms with van der Waals surface area (Å²) in [5, 5.41) is 1.17. The molecule has 1 N–H and O–H groups in total. The minimum absolute atomic E-state index is 0.0122. The van der Waals surface area contributed by atoms with Crippen LogP contribution in [0.2, 0.25) is 0 Å². The molecule has 0 aliphatic carbocycles. The standard InChI is InChI=1S/C23H20N2O/c1-16-23(18-11-5-6-12-20(18)25-16)19(17-9-3-2-4-10-17)15-22(26)21-13-7-8-14-24-21/h2-14,19,25H,15H2,1H3. The molecule has 1 unspecified atom stereocenters. The molecular formula is C23H20N2O. The summed E-state index contributed by atoms with van der Waals surface area (Å²) in [6, 6.07) is 24.0. The average Bonchev–Trinajstić information content (AvgIpc) is 3.03. The number of para-hydroxylation sites is 1.